The molecule has 26 heavy (non-hydrogen) atoms. The first-order valence-corrected chi connectivity index (χ1v) is 8.32. The zero-order valence-corrected chi connectivity index (χ0v) is 14.6. The molecule has 0 saturated carbocycles. The van der Waals surface area contributed by atoms with Gasteiger partial charge in [-0.15, -0.1) is 0 Å². The Morgan fingerprint density at radius 1 is 1.00 bits per heavy atom. The summed E-state index contributed by atoms with van der Waals surface area (Å²) in [7, 11) is 0. The molecular weight excluding hydrogens is 331 g/mol. The topological polar surface area (TPSA) is 66.9 Å². The molecule has 0 atom stereocenters. The number of carbonyl (C=O) groups excluding carboxylic acids is 1. The first-order chi connectivity index (χ1) is 12.5. The number of amides is 1. The Morgan fingerprint density at radius 2 is 1.65 bits per heavy atom. The third-order valence-corrected chi connectivity index (χ3v) is 3.81. The first kappa shape index (κ1) is 17.5. The quantitative estimate of drug-likeness (QED) is 0.712. The molecule has 2 aromatic carbocycles. The molecule has 0 unspecified atom stereocenters. The Labute approximate surface area is 151 Å². The van der Waals surface area contributed by atoms with Crippen molar-refractivity contribution >= 4 is 23.1 Å². The smallest absolute Gasteiger partial charge is 0.274 e. The Hall–Kier alpha value is -3.28. The van der Waals surface area contributed by atoms with Crippen LogP contribution in [0.2, 0.25) is 0 Å². The van der Waals surface area contributed by atoms with Gasteiger partial charge in [-0.05, 0) is 55.3 Å². The Balaban J connectivity index is 1.77. The van der Waals surface area contributed by atoms with Gasteiger partial charge in [-0.1, -0.05) is 19.1 Å². The third kappa shape index (κ3) is 4.42. The lowest BCUT2D eigenvalue weighted by Gasteiger charge is -2.10. The molecule has 1 aromatic heterocycles. The predicted molar refractivity (Wildman–Crippen MR) is 100 cm³/mol. The Morgan fingerprint density at radius 3 is 2.31 bits per heavy atom. The molecule has 1 amide bonds. The van der Waals surface area contributed by atoms with Gasteiger partial charge in [-0.2, -0.15) is 0 Å². The van der Waals surface area contributed by atoms with Crippen molar-refractivity contribution in [2.45, 2.75) is 20.3 Å². The minimum atomic E-state index is -0.383. The van der Waals surface area contributed by atoms with Crippen LogP contribution in [-0.4, -0.2) is 15.9 Å². The van der Waals surface area contributed by atoms with Crippen LogP contribution in [0, 0.1) is 12.7 Å². The maximum atomic E-state index is 13.0. The molecule has 6 heteroatoms. The first-order valence-electron chi connectivity index (χ1n) is 8.32. The lowest BCUT2D eigenvalue weighted by Crippen LogP contribution is -2.15. The van der Waals surface area contributed by atoms with Crippen LogP contribution in [0.4, 0.5) is 21.6 Å². The van der Waals surface area contributed by atoms with Gasteiger partial charge in [-0.3, -0.25) is 4.79 Å². The molecule has 1 heterocycles. The van der Waals surface area contributed by atoms with Gasteiger partial charge in [0.1, 0.15) is 23.2 Å². The number of aromatic nitrogens is 2. The van der Waals surface area contributed by atoms with Gasteiger partial charge >= 0.3 is 0 Å². The van der Waals surface area contributed by atoms with Crippen LogP contribution < -0.4 is 10.6 Å². The zero-order chi connectivity index (χ0) is 18.5. The summed E-state index contributed by atoms with van der Waals surface area (Å²) >= 11 is 0. The predicted octanol–water partition coefficient (Wildman–Crippen LogP) is 4.48. The molecule has 2 N–H and O–H groups in total. The number of aryl methyl sites for hydroxylation is 2. The normalized spacial score (nSPS) is 10.4. The molecule has 0 saturated heterocycles. The van der Waals surface area contributed by atoms with E-state index in [9.17, 15) is 9.18 Å². The van der Waals surface area contributed by atoms with Gasteiger partial charge in [-0.25, -0.2) is 14.4 Å². The van der Waals surface area contributed by atoms with Crippen molar-refractivity contribution in [3.8, 4) is 0 Å². The average molecular weight is 350 g/mol. The van der Waals surface area contributed by atoms with Crippen molar-refractivity contribution in [2.24, 2.45) is 0 Å². The monoisotopic (exact) mass is 350 g/mol. The molecule has 0 radical (unpaired) electrons. The van der Waals surface area contributed by atoms with Crippen molar-refractivity contribution in [3.63, 3.8) is 0 Å². The molecule has 3 rings (SSSR count). The largest absolute Gasteiger partial charge is 0.340 e. The number of anilines is 3. The van der Waals surface area contributed by atoms with Gasteiger partial charge in [0, 0.05) is 17.4 Å². The van der Waals surface area contributed by atoms with E-state index in [1.807, 2.05) is 24.3 Å². The molecule has 0 aliphatic heterocycles. The van der Waals surface area contributed by atoms with E-state index in [4.69, 9.17) is 0 Å². The number of hydrogen-bond acceptors (Lipinski definition) is 4. The fourth-order valence-electron chi connectivity index (χ4n) is 2.45. The lowest BCUT2D eigenvalue weighted by atomic mass is 10.1. The molecule has 0 aliphatic carbocycles. The van der Waals surface area contributed by atoms with Crippen LogP contribution in [0.15, 0.2) is 54.6 Å². The molecule has 0 fully saturated rings. The minimum absolute atomic E-state index is 0.231. The van der Waals surface area contributed by atoms with E-state index >= 15 is 0 Å². The van der Waals surface area contributed by atoms with Crippen molar-refractivity contribution < 1.29 is 9.18 Å². The molecule has 0 spiro atoms. The highest BCUT2D eigenvalue weighted by Gasteiger charge is 2.11. The number of halogens is 1. The second-order valence-electron chi connectivity index (χ2n) is 5.82. The van der Waals surface area contributed by atoms with Crippen LogP contribution >= 0.6 is 0 Å². The molecule has 5 nitrogen and oxygen atoms in total. The molecule has 132 valence electrons. The van der Waals surface area contributed by atoms with E-state index < -0.39 is 0 Å². The van der Waals surface area contributed by atoms with Gasteiger partial charge in [0.2, 0.25) is 0 Å². The van der Waals surface area contributed by atoms with Crippen LogP contribution in [0.1, 0.15) is 28.8 Å². The number of nitrogens with zero attached hydrogens (tertiary/aromatic N) is 2. The van der Waals surface area contributed by atoms with E-state index in [-0.39, 0.29) is 17.4 Å². The summed E-state index contributed by atoms with van der Waals surface area (Å²) in [6.45, 7) is 3.82. The van der Waals surface area contributed by atoms with Gasteiger partial charge in [0.05, 0.1) is 0 Å². The highest BCUT2D eigenvalue weighted by molar-refractivity contribution is 6.03. The Kier molecular flexibility index (Phi) is 5.22. The third-order valence-electron chi connectivity index (χ3n) is 3.81. The Bertz CT molecular complexity index is 908. The van der Waals surface area contributed by atoms with Crippen LogP contribution in [0.5, 0.6) is 0 Å². The van der Waals surface area contributed by atoms with Crippen molar-refractivity contribution in [1.82, 2.24) is 9.97 Å². The van der Waals surface area contributed by atoms with E-state index in [1.54, 1.807) is 13.0 Å². The maximum Gasteiger partial charge on any atom is 0.274 e. The van der Waals surface area contributed by atoms with E-state index in [0.29, 0.717) is 17.3 Å². The standard InChI is InChI=1S/C20H19FN4O/c1-3-14-4-8-16(9-5-14)24-19-12-18(22-13(2)23-19)20(26)25-17-10-6-15(21)7-11-17/h4-12H,3H2,1-2H3,(H,25,26)(H,22,23,24). The van der Waals surface area contributed by atoms with Crippen LogP contribution in [0.25, 0.3) is 0 Å². The fourth-order valence-corrected chi connectivity index (χ4v) is 2.45. The fraction of sp³-hybridized carbons (Fsp3) is 0.150. The van der Waals surface area contributed by atoms with Gasteiger partial charge in [0.15, 0.2) is 0 Å². The van der Waals surface area contributed by atoms with Crippen molar-refractivity contribution in [1.29, 1.82) is 0 Å². The zero-order valence-electron chi connectivity index (χ0n) is 14.6. The van der Waals surface area contributed by atoms with Gasteiger partial charge in [0.25, 0.3) is 5.91 Å². The van der Waals surface area contributed by atoms with Crippen molar-refractivity contribution in [2.75, 3.05) is 10.6 Å². The van der Waals surface area contributed by atoms with E-state index in [2.05, 4.69) is 27.5 Å². The summed E-state index contributed by atoms with van der Waals surface area (Å²) in [4.78, 5) is 20.9. The molecule has 0 aliphatic rings. The van der Waals surface area contributed by atoms with Crippen molar-refractivity contribution in [3.05, 3.63) is 77.5 Å². The molecular formula is C20H19FN4O. The maximum absolute atomic E-state index is 13.0. The second-order valence-corrected chi connectivity index (χ2v) is 5.82. The molecule has 0 bridgehead atoms. The number of nitrogens with one attached hydrogen (secondary N) is 2. The highest BCUT2D eigenvalue weighted by Crippen LogP contribution is 2.17. The van der Waals surface area contributed by atoms with Gasteiger partial charge < -0.3 is 10.6 Å². The summed E-state index contributed by atoms with van der Waals surface area (Å²) < 4.78 is 13.0. The summed E-state index contributed by atoms with van der Waals surface area (Å²) in [5.74, 6) is 0.267. The number of carbonyl (C=O) groups is 1. The lowest BCUT2D eigenvalue weighted by molar-refractivity contribution is 0.102. The number of benzene rings is 2. The SMILES string of the molecule is CCc1ccc(Nc2cc(C(=O)Nc3ccc(F)cc3)nc(C)n2)cc1. The summed E-state index contributed by atoms with van der Waals surface area (Å²) in [6, 6.07) is 15.2. The minimum Gasteiger partial charge on any atom is -0.340 e. The number of hydrogen-bond donors (Lipinski definition) is 2. The van der Waals surface area contributed by atoms with E-state index in [1.165, 1.54) is 29.8 Å². The van der Waals surface area contributed by atoms with Crippen LogP contribution in [-0.2, 0) is 6.42 Å². The second kappa shape index (κ2) is 7.74. The van der Waals surface area contributed by atoms with E-state index in [0.717, 1.165) is 12.1 Å². The highest BCUT2D eigenvalue weighted by atomic mass is 19.1. The summed E-state index contributed by atoms with van der Waals surface area (Å²) in [6.07, 6.45) is 0.973. The summed E-state index contributed by atoms with van der Waals surface area (Å²) in [5, 5.41) is 5.88. The van der Waals surface area contributed by atoms with Crippen LogP contribution in [0.3, 0.4) is 0 Å². The number of rotatable bonds is 5. The summed E-state index contributed by atoms with van der Waals surface area (Å²) in [5.41, 5.74) is 2.85. The molecule has 3 aromatic rings. The average Bonchev–Trinajstić information content (AvgIpc) is 2.64.